The normalized spacial score (nSPS) is 10.6. The van der Waals surface area contributed by atoms with Gasteiger partial charge < -0.3 is 9.88 Å². The Kier molecular flexibility index (Phi) is 4.28. The van der Waals surface area contributed by atoms with Crippen molar-refractivity contribution >= 4 is 21.6 Å². The Balaban J connectivity index is 2.23. The summed E-state index contributed by atoms with van der Waals surface area (Å²) in [5, 5.41) is 13.7. The SMILES string of the molecule is CNCc1nccn1Cc1ccc([N+](=O)[O-])cc1Br. The van der Waals surface area contributed by atoms with Crippen molar-refractivity contribution in [3.63, 3.8) is 0 Å². The third-order valence-corrected chi connectivity index (χ3v) is 3.46. The fourth-order valence-corrected chi connectivity index (χ4v) is 2.26. The van der Waals surface area contributed by atoms with Crippen LogP contribution in [0.15, 0.2) is 35.1 Å². The van der Waals surface area contributed by atoms with Crippen LogP contribution in [0.3, 0.4) is 0 Å². The number of nitro benzene ring substituents is 1. The second-order valence-corrected chi connectivity index (χ2v) is 4.89. The molecule has 0 saturated carbocycles. The van der Waals surface area contributed by atoms with Crippen molar-refractivity contribution in [3.05, 3.63) is 56.6 Å². The Hall–Kier alpha value is -1.73. The first-order valence-electron chi connectivity index (χ1n) is 5.69. The van der Waals surface area contributed by atoms with E-state index in [1.165, 1.54) is 12.1 Å². The molecular formula is C12H13BrN4O2. The Bertz CT molecular complexity index is 597. The summed E-state index contributed by atoms with van der Waals surface area (Å²) < 4.78 is 2.73. The lowest BCUT2D eigenvalue weighted by atomic mass is 10.2. The van der Waals surface area contributed by atoms with Gasteiger partial charge in [0.05, 0.1) is 11.5 Å². The van der Waals surface area contributed by atoms with Gasteiger partial charge in [-0.15, -0.1) is 0 Å². The van der Waals surface area contributed by atoms with Gasteiger partial charge in [0.1, 0.15) is 5.82 Å². The summed E-state index contributed by atoms with van der Waals surface area (Å²) in [6.45, 7) is 1.30. The molecule has 0 atom stereocenters. The minimum absolute atomic E-state index is 0.0803. The molecule has 0 amide bonds. The largest absolute Gasteiger partial charge is 0.329 e. The molecule has 0 aliphatic heterocycles. The number of nitrogens with zero attached hydrogens (tertiary/aromatic N) is 3. The van der Waals surface area contributed by atoms with Crippen molar-refractivity contribution < 1.29 is 4.92 Å². The van der Waals surface area contributed by atoms with E-state index in [2.05, 4.69) is 26.2 Å². The molecule has 2 rings (SSSR count). The second-order valence-electron chi connectivity index (χ2n) is 4.03. The lowest BCUT2D eigenvalue weighted by Crippen LogP contribution is -2.12. The molecule has 1 aromatic carbocycles. The number of hydrogen-bond donors (Lipinski definition) is 1. The summed E-state index contributed by atoms with van der Waals surface area (Å²) in [6, 6.07) is 4.78. The molecule has 0 bridgehead atoms. The molecule has 7 heteroatoms. The van der Waals surface area contributed by atoms with Crippen LogP contribution in [0.1, 0.15) is 11.4 Å². The highest BCUT2D eigenvalue weighted by Gasteiger charge is 2.10. The number of imidazole rings is 1. The molecule has 1 heterocycles. The molecule has 0 aliphatic rings. The van der Waals surface area contributed by atoms with Gasteiger partial charge in [0.25, 0.3) is 5.69 Å². The predicted octanol–water partition coefficient (Wildman–Crippen LogP) is 2.32. The quantitative estimate of drug-likeness (QED) is 0.676. The fraction of sp³-hybridized carbons (Fsp3) is 0.250. The zero-order valence-corrected chi connectivity index (χ0v) is 11.9. The van der Waals surface area contributed by atoms with Gasteiger partial charge >= 0.3 is 0 Å². The van der Waals surface area contributed by atoms with Gasteiger partial charge in [0.2, 0.25) is 0 Å². The Labute approximate surface area is 118 Å². The molecule has 0 unspecified atom stereocenters. The van der Waals surface area contributed by atoms with Gasteiger partial charge in [-0.2, -0.15) is 0 Å². The molecule has 19 heavy (non-hydrogen) atoms. The zero-order chi connectivity index (χ0) is 13.8. The van der Waals surface area contributed by atoms with E-state index >= 15 is 0 Å². The smallest absolute Gasteiger partial charge is 0.270 e. The number of nitrogens with one attached hydrogen (secondary N) is 1. The number of hydrogen-bond acceptors (Lipinski definition) is 4. The van der Waals surface area contributed by atoms with Gasteiger partial charge in [0.15, 0.2) is 0 Å². The average molecular weight is 325 g/mol. The number of nitro groups is 1. The lowest BCUT2D eigenvalue weighted by molar-refractivity contribution is -0.384. The summed E-state index contributed by atoms with van der Waals surface area (Å²) in [5.74, 6) is 0.924. The highest BCUT2D eigenvalue weighted by Crippen LogP contribution is 2.24. The molecule has 0 saturated heterocycles. The van der Waals surface area contributed by atoms with E-state index in [4.69, 9.17) is 0 Å². The molecule has 0 radical (unpaired) electrons. The zero-order valence-electron chi connectivity index (χ0n) is 10.3. The van der Waals surface area contributed by atoms with Crippen molar-refractivity contribution in [2.75, 3.05) is 7.05 Å². The molecule has 0 spiro atoms. The van der Waals surface area contributed by atoms with Crippen LogP contribution in [-0.4, -0.2) is 21.5 Å². The number of rotatable bonds is 5. The van der Waals surface area contributed by atoms with Crippen molar-refractivity contribution in [2.24, 2.45) is 0 Å². The van der Waals surface area contributed by atoms with E-state index in [9.17, 15) is 10.1 Å². The maximum absolute atomic E-state index is 10.7. The molecule has 100 valence electrons. The molecule has 1 aromatic heterocycles. The number of halogens is 1. The van der Waals surface area contributed by atoms with Gasteiger partial charge in [-0.05, 0) is 18.7 Å². The molecule has 2 aromatic rings. The van der Waals surface area contributed by atoms with Gasteiger partial charge in [0, 0.05) is 35.5 Å². The van der Waals surface area contributed by atoms with Crippen LogP contribution < -0.4 is 5.32 Å². The van der Waals surface area contributed by atoms with Crippen LogP contribution >= 0.6 is 15.9 Å². The van der Waals surface area contributed by atoms with Crippen LogP contribution in [0.4, 0.5) is 5.69 Å². The summed E-state index contributed by atoms with van der Waals surface area (Å²) >= 11 is 3.37. The first-order valence-corrected chi connectivity index (χ1v) is 6.48. The van der Waals surface area contributed by atoms with Crippen LogP contribution in [0.25, 0.3) is 0 Å². The van der Waals surface area contributed by atoms with E-state index in [0.717, 1.165) is 15.9 Å². The van der Waals surface area contributed by atoms with Gasteiger partial charge in [-0.25, -0.2) is 4.98 Å². The van der Waals surface area contributed by atoms with E-state index in [1.54, 1.807) is 12.3 Å². The monoisotopic (exact) mass is 324 g/mol. The van der Waals surface area contributed by atoms with Crippen LogP contribution in [-0.2, 0) is 13.1 Å². The minimum atomic E-state index is -0.405. The van der Waals surface area contributed by atoms with E-state index in [-0.39, 0.29) is 5.69 Å². The maximum atomic E-state index is 10.7. The first-order chi connectivity index (χ1) is 9.11. The standard InChI is InChI=1S/C12H13BrN4O2/c1-14-7-12-15-4-5-16(12)8-9-2-3-10(17(18)19)6-11(9)13/h2-6,14H,7-8H2,1H3. The van der Waals surface area contributed by atoms with Gasteiger partial charge in [-0.3, -0.25) is 10.1 Å². The molecule has 1 N–H and O–H groups in total. The van der Waals surface area contributed by atoms with Crippen molar-refractivity contribution in [2.45, 2.75) is 13.1 Å². The summed E-state index contributed by atoms with van der Waals surface area (Å²) in [6.07, 6.45) is 3.63. The third kappa shape index (κ3) is 3.18. The second kappa shape index (κ2) is 5.94. The van der Waals surface area contributed by atoms with E-state index in [1.807, 2.05) is 17.8 Å². The number of aromatic nitrogens is 2. The van der Waals surface area contributed by atoms with E-state index < -0.39 is 4.92 Å². The predicted molar refractivity (Wildman–Crippen MR) is 74.9 cm³/mol. The molecular weight excluding hydrogens is 312 g/mol. The highest BCUT2D eigenvalue weighted by molar-refractivity contribution is 9.10. The van der Waals surface area contributed by atoms with Crippen LogP contribution in [0.5, 0.6) is 0 Å². The van der Waals surface area contributed by atoms with Crippen molar-refractivity contribution in [1.82, 2.24) is 14.9 Å². The third-order valence-electron chi connectivity index (χ3n) is 2.72. The Morgan fingerprint density at radius 2 is 2.32 bits per heavy atom. The first kappa shape index (κ1) is 13.7. The van der Waals surface area contributed by atoms with Crippen LogP contribution in [0, 0.1) is 10.1 Å². The van der Waals surface area contributed by atoms with E-state index in [0.29, 0.717) is 13.1 Å². The topological polar surface area (TPSA) is 73.0 Å². The van der Waals surface area contributed by atoms with Gasteiger partial charge in [-0.1, -0.05) is 15.9 Å². The fourth-order valence-electron chi connectivity index (χ4n) is 1.77. The summed E-state index contributed by atoms with van der Waals surface area (Å²) in [5.41, 5.74) is 1.05. The van der Waals surface area contributed by atoms with Crippen LogP contribution in [0.2, 0.25) is 0 Å². The lowest BCUT2D eigenvalue weighted by Gasteiger charge is -2.09. The van der Waals surface area contributed by atoms with Crippen molar-refractivity contribution in [1.29, 1.82) is 0 Å². The Morgan fingerprint density at radius 3 is 2.95 bits per heavy atom. The maximum Gasteiger partial charge on any atom is 0.270 e. The molecule has 0 aliphatic carbocycles. The minimum Gasteiger partial charge on any atom is -0.329 e. The Morgan fingerprint density at radius 1 is 1.53 bits per heavy atom. The molecule has 0 fully saturated rings. The number of non-ortho nitro benzene ring substituents is 1. The summed E-state index contributed by atoms with van der Waals surface area (Å²) in [4.78, 5) is 14.5. The highest BCUT2D eigenvalue weighted by atomic mass is 79.9. The number of benzene rings is 1. The average Bonchev–Trinajstić information content (AvgIpc) is 2.79. The molecule has 6 nitrogen and oxygen atoms in total. The summed E-state index contributed by atoms with van der Waals surface area (Å²) in [7, 11) is 1.86. The van der Waals surface area contributed by atoms with Crippen molar-refractivity contribution in [3.8, 4) is 0 Å².